The van der Waals surface area contributed by atoms with Crippen molar-refractivity contribution in [1.29, 1.82) is 0 Å². The van der Waals surface area contributed by atoms with Crippen LogP contribution in [0, 0.1) is 0 Å². The highest BCUT2D eigenvalue weighted by Gasteiger charge is 2.14. The van der Waals surface area contributed by atoms with Gasteiger partial charge in [-0.15, -0.1) is 4.67 Å². The summed E-state index contributed by atoms with van der Waals surface area (Å²) in [6, 6.07) is 0. The van der Waals surface area contributed by atoms with Crippen LogP contribution >= 0.6 is 7.82 Å². The Balaban J connectivity index is 3.10. The minimum atomic E-state index is -4.49. The zero-order chi connectivity index (χ0) is 17.6. The molecule has 0 atom stereocenters. The predicted octanol–water partition coefficient (Wildman–Crippen LogP) is 4.74. The number of phosphoric acid groups is 1. The standard InChI is InChI=1S/C16H35O6P/c1-16(2,3)20-14-12-10-8-6-4-5-7-9-11-13-15-21-22-23(17,18)19/h4-15H2,1-3H3,(H2,17,18,19). The van der Waals surface area contributed by atoms with Gasteiger partial charge in [0.15, 0.2) is 0 Å². The van der Waals surface area contributed by atoms with Gasteiger partial charge in [0, 0.05) is 6.61 Å². The first-order valence-corrected chi connectivity index (χ1v) is 10.2. The SMILES string of the molecule is CC(C)(C)OCCCCCCCCCCCCOOP(=O)(O)O. The summed E-state index contributed by atoms with van der Waals surface area (Å²) in [6.45, 7) is 7.34. The lowest BCUT2D eigenvalue weighted by Gasteiger charge is -2.19. The van der Waals surface area contributed by atoms with Crippen molar-refractivity contribution in [2.45, 2.75) is 90.6 Å². The maximum absolute atomic E-state index is 10.3. The third-order valence-electron chi connectivity index (χ3n) is 3.31. The second-order valence-corrected chi connectivity index (χ2v) is 8.01. The van der Waals surface area contributed by atoms with Crippen LogP contribution < -0.4 is 0 Å². The molecule has 0 rings (SSSR count). The van der Waals surface area contributed by atoms with E-state index in [1.54, 1.807) is 0 Å². The number of unbranched alkanes of at least 4 members (excludes halogenated alkanes) is 9. The Hall–Kier alpha value is 0.0300. The zero-order valence-electron chi connectivity index (χ0n) is 15.0. The summed E-state index contributed by atoms with van der Waals surface area (Å²) >= 11 is 0. The van der Waals surface area contributed by atoms with Crippen LogP contribution in [0.4, 0.5) is 0 Å². The second kappa shape index (κ2) is 13.3. The Morgan fingerprint density at radius 3 is 1.52 bits per heavy atom. The molecule has 0 saturated carbocycles. The summed E-state index contributed by atoms with van der Waals surface area (Å²) in [5, 5.41) is 0. The van der Waals surface area contributed by atoms with E-state index in [1.165, 1.54) is 38.5 Å². The molecule has 140 valence electrons. The molecule has 6 nitrogen and oxygen atoms in total. The molecule has 23 heavy (non-hydrogen) atoms. The smallest absolute Gasteiger partial charge is 0.376 e. The van der Waals surface area contributed by atoms with Gasteiger partial charge < -0.3 is 14.5 Å². The van der Waals surface area contributed by atoms with E-state index in [0.29, 0.717) is 0 Å². The van der Waals surface area contributed by atoms with E-state index >= 15 is 0 Å². The van der Waals surface area contributed by atoms with E-state index in [1.807, 2.05) is 0 Å². The van der Waals surface area contributed by atoms with Gasteiger partial charge in [0.05, 0.1) is 12.2 Å². The van der Waals surface area contributed by atoms with Gasteiger partial charge in [-0.3, -0.25) is 0 Å². The molecule has 0 spiro atoms. The summed E-state index contributed by atoms with van der Waals surface area (Å²) in [6.07, 6.45) is 11.6. The van der Waals surface area contributed by atoms with Crippen LogP contribution in [-0.4, -0.2) is 28.6 Å². The molecule has 0 aliphatic rings. The largest absolute Gasteiger partial charge is 0.496 e. The van der Waals surface area contributed by atoms with Crippen LogP contribution in [0.15, 0.2) is 0 Å². The number of ether oxygens (including phenoxy) is 1. The molecule has 0 amide bonds. The Morgan fingerprint density at radius 1 is 0.739 bits per heavy atom. The number of hydrogen-bond donors (Lipinski definition) is 2. The van der Waals surface area contributed by atoms with Gasteiger partial charge in [-0.1, -0.05) is 51.4 Å². The van der Waals surface area contributed by atoms with Crippen LogP contribution in [0.5, 0.6) is 0 Å². The van der Waals surface area contributed by atoms with Crippen molar-refractivity contribution in [3.05, 3.63) is 0 Å². The first-order valence-electron chi connectivity index (χ1n) is 8.71. The molecule has 0 aromatic carbocycles. The predicted molar refractivity (Wildman–Crippen MR) is 91.0 cm³/mol. The minimum Gasteiger partial charge on any atom is -0.376 e. The van der Waals surface area contributed by atoms with Crippen LogP contribution in [0.3, 0.4) is 0 Å². The fourth-order valence-electron chi connectivity index (χ4n) is 2.16. The highest BCUT2D eigenvalue weighted by atomic mass is 31.2. The fraction of sp³-hybridized carbons (Fsp3) is 1.00. The maximum Gasteiger partial charge on any atom is 0.496 e. The van der Waals surface area contributed by atoms with Crippen molar-refractivity contribution in [2.75, 3.05) is 13.2 Å². The normalized spacial score (nSPS) is 12.7. The molecule has 7 heteroatoms. The first kappa shape index (κ1) is 23.0. The molecular formula is C16H35O6P. The lowest BCUT2D eigenvalue weighted by atomic mass is 10.1. The van der Waals surface area contributed by atoms with Crippen molar-refractivity contribution in [2.24, 2.45) is 0 Å². The van der Waals surface area contributed by atoms with Crippen LogP contribution in [0.1, 0.15) is 85.0 Å². The van der Waals surface area contributed by atoms with Crippen LogP contribution in [0.2, 0.25) is 0 Å². The quantitative estimate of drug-likeness (QED) is 0.191. The molecular weight excluding hydrogens is 319 g/mol. The lowest BCUT2D eigenvalue weighted by molar-refractivity contribution is -0.222. The van der Waals surface area contributed by atoms with E-state index < -0.39 is 7.82 Å². The average Bonchev–Trinajstić information content (AvgIpc) is 2.40. The molecule has 2 N–H and O–H groups in total. The summed E-state index contributed by atoms with van der Waals surface area (Å²) < 4.78 is 19.9. The van der Waals surface area contributed by atoms with E-state index in [0.717, 1.165) is 32.3 Å². The van der Waals surface area contributed by atoms with Gasteiger partial charge in [-0.05, 0) is 33.6 Å². The van der Waals surface area contributed by atoms with Gasteiger partial charge in [0.1, 0.15) is 0 Å². The van der Waals surface area contributed by atoms with E-state index in [9.17, 15) is 4.57 Å². The molecule has 0 saturated heterocycles. The average molecular weight is 354 g/mol. The Bertz CT molecular complexity index is 310. The van der Waals surface area contributed by atoms with Gasteiger partial charge in [0.25, 0.3) is 0 Å². The Labute approximate surface area is 141 Å². The van der Waals surface area contributed by atoms with Crippen LogP contribution in [-0.2, 0) is 18.9 Å². The molecule has 0 radical (unpaired) electrons. The van der Waals surface area contributed by atoms with E-state index in [4.69, 9.17) is 14.5 Å². The Morgan fingerprint density at radius 2 is 1.13 bits per heavy atom. The number of rotatable bonds is 15. The summed E-state index contributed by atoms with van der Waals surface area (Å²) in [4.78, 5) is 21.2. The molecule has 0 aromatic heterocycles. The molecule has 0 bridgehead atoms. The topological polar surface area (TPSA) is 85.2 Å². The molecule has 0 aliphatic carbocycles. The van der Waals surface area contributed by atoms with Crippen LogP contribution in [0.25, 0.3) is 0 Å². The zero-order valence-corrected chi connectivity index (χ0v) is 15.9. The minimum absolute atomic E-state index is 0.0208. The fourth-order valence-corrected chi connectivity index (χ4v) is 2.37. The molecule has 0 fully saturated rings. The Kier molecular flexibility index (Phi) is 13.4. The van der Waals surface area contributed by atoms with Gasteiger partial charge >= 0.3 is 7.82 Å². The summed E-state index contributed by atoms with van der Waals surface area (Å²) in [5.41, 5.74) is -0.0208. The molecule has 0 heterocycles. The van der Waals surface area contributed by atoms with Crippen molar-refractivity contribution >= 4 is 7.82 Å². The van der Waals surface area contributed by atoms with Gasteiger partial charge in [-0.25, -0.2) is 9.45 Å². The van der Waals surface area contributed by atoms with E-state index in [2.05, 4.69) is 30.3 Å². The molecule has 0 unspecified atom stereocenters. The van der Waals surface area contributed by atoms with Crippen molar-refractivity contribution in [3.8, 4) is 0 Å². The molecule has 0 aromatic rings. The van der Waals surface area contributed by atoms with Crippen molar-refractivity contribution in [3.63, 3.8) is 0 Å². The highest BCUT2D eigenvalue weighted by molar-refractivity contribution is 7.46. The third-order valence-corrected chi connectivity index (χ3v) is 3.61. The van der Waals surface area contributed by atoms with Crippen molar-refractivity contribution < 1.29 is 28.7 Å². The van der Waals surface area contributed by atoms with Crippen molar-refractivity contribution in [1.82, 2.24) is 0 Å². The first-order chi connectivity index (χ1) is 10.7. The highest BCUT2D eigenvalue weighted by Crippen LogP contribution is 2.35. The molecule has 0 aliphatic heterocycles. The third kappa shape index (κ3) is 22.0. The van der Waals surface area contributed by atoms with Gasteiger partial charge in [-0.2, -0.15) is 0 Å². The lowest BCUT2D eigenvalue weighted by Crippen LogP contribution is -2.19. The van der Waals surface area contributed by atoms with Gasteiger partial charge in [0.2, 0.25) is 0 Å². The second-order valence-electron chi connectivity index (χ2n) is 6.88. The maximum atomic E-state index is 10.3. The monoisotopic (exact) mass is 354 g/mol. The summed E-state index contributed by atoms with van der Waals surface area (Å²) in [5.74, 6) is 0. The summed E-state index contributed by atoms with van der Waals surface area (Å²) in [7, 11) is -4.49. The number of hydrogen-bond acceptors (Lipinski definition) is 4. The van der Waals surface area contributed by atoms with E-state index in [-0.39, 0.29) is 12.2 Å².